The Morgan fingerprint density at radius 3 is 2.73 bits per heavy atom. The van der Waals surface area contributed by atoms with E-state index in [2.05, 4.69) is 11.1 Å². The van der Waals surface area contributed by atoms with Gasteiger partial charge >= 0.3 is 0 Å². The first-order valence-corrected chi connectivity index (χ1v) is 9.25. The van der Waals surface area contributed by atoms with Crippen molar-refractivity contribution in [3.8, 4) is 17.4 Å². The second-order valence-corrected chi connectivity index (χ2v) is 7.28. The zero-order chi connectivity index (χ0) is 18.1. The van der Waals surface area contributed by atoms with Crippen LogP contribution in [0.2, 0.25) is 10.0 Å². The van der Waals surface area contributed by atoms with Crippen molar-refractivity contribution in [2.45, 2.75) is 0 Å². The highest BCUT2D eigenvalue weighted by Crippen LogP contribution is 2.35. The molecule has 3 nitrogen and oxygen atoms in total. The number of furan rings is 1. The fraction of sp³-hybridized carbons (Fsp3) is 0. The lowest BCUT2D eigenvalue weighted by atomic mass is 10.2. The van der Waals surface area contributed by atoms with Crippen LogP contribution in [0.15, 0.2) is 59.0 Å². The van der Waals surface area contributed by atoms with E-state index in [1.54, 1.807) is 24.3 Å². The van der Waals surface area contributed by atoms with Gasteiger partial charge < -0.3 is 4.42 Å². The lowest BCUT2D eigenvalue weighted by Crippen LogP contribution is -1.79. The lowest BCUT2D eigenvalue weighted by molar-refractivity contribution is 0.572. The predicted molar refractivity (Wildman–Crippen MR) is 107 cm³/mol. The van der Waals surface area contributed by atoms with Crippen LogP contribution in [0, 0.1) is 11.3 Å². The summed E-state index contributed by atoms with van der Waals surface area (Å²) < 4.78 is 6.88. The number of hydrogen-bond donors (Lipinski definition) is 0. The zero-order valence-electron chi connectivity index (χ0n) is 13.2. The summed E-state index contributed by atoms with van der Waals surface area (Å²) in [7, 11) is 0. The number of allylic oxidation sites excluding steroid dienone is 1. The number of aromatic nitrogens is 1. The number of benzene rings is 2. The van der Waals surface area contributed by atoms with Gasteiger partial charge in [-0.25, -0.2) is 4.98 Å². The summed E-state index contributed by atoms with van der Waals surface area (Å²) in [5.41, 5.74) is 2.03. The zero-order valence-corrected chi connectivity index (χ0v) is 15.6. The standard InChI is InChI=1S/C20H10Cl2N2OS/c21-15-5-3-4-14(19(15)22)17-9-8-13(25-17)10-12(11-23)20-24-16-6-1-2-7-18(16)26-20/h1-10H/b12-10-. The molecular formula is C20H10Cl2N2OS. The molecule has 2 heterocycles. The molecule has 0 unspecified atom stereocenters. The Bertz CT molecular complexity index is 1150. The number of halogens is 2. The van der Waals surface area contributed by atoms with Gasteiger partial charge in [-0.2, -0.15) is 5.26 Å². The summed E-state index contributed by atoms with van der Waals surface area (Å²) in [5.74, 6) is 1.14. The minimum atomic E-state index is 0.436. The molecule has 0 aliphatic carbocycles. The molecule has 0 amide bonds. The van der Waals surface area contributed by atoms with E-state index in [1.807, 2.05) is 36.4 Å². The largest absolute Gasteiger partial charge is 0.457 e. The van der Waals surface area contributed by atoms with Crippen LogP contribution in [0.3, 0.4) is 0 Å². The van der Waals surface area contributed by atoms with Crippen molar-refractivity contribution in [1.29, 1.82) is 5.26 Å². The SMILES string of the molecule is N#C/C(=C/c1ccc(-c2cccc(Cl)c2Cl)o1)c1nc2ccccc2s1. The van der Waals surface area contributed by atoms with Crippen LogP contribution in [-0.4, -0.2) is 4.98 Å². The Hall–Kier alpha value is -2.58. The van der Waals surface area contributed by atoms with Crippen LogP contribution < -0.4 is 0 Å². The van der Waals surface area contributed by atoms with Crippen LogP contribution in [0.4, 0.5) is 0 Å². The smallest absolute Gasteiger partial charge is 0.136 e. The van der Waals surface area contributed by atoms with E-state index in [4.69, 9.17) is 27.6 Å². The molecule has 0 radical (unpaired) electrons. The number of nitriles is 1. The molecule has 0 bridgehead atoms. The molecule has 2 aromatic carbocycles. The van der Waals surface area contributed by atoms with Crippen molar-refractivity contribution in [2.24, 2.45) is 0 Å². The topological polar surface area (TPSA) is 49.8 Å². The van der Waals surface area contributed by atoms with Crippen LogP contribution in [0.5, 0.6) is 0 Å². The Morgan fingerprint density at radius 2 is 1.92 bits per heavy atom. The summed E-state index contributed by atoms with van der Waals surface area (Å²) in [6, 6.07) is 18.9. The molecule has 126 valence electrons. The molecule has 4 rings (SSSR count). The van der Waals surface area contributed by atoms with Crippen LogP contribution in [-0.2, 0) is 0 Å². The molecule has 0 atom stereocenters. The molecule has 0 aliphatic rings. The molecule has 0 N–H and O–H groups in total. The van der Waals surface area contributed by atoms with E-state index in [1.165, 1.54) is 11.3 Å². The maximum atomic E-state index is 9.54. The average Bonchev–Trinajstić information content (AvgIpc) is 3.28. The molecule has 0 saturated carbocycles. The van der Waals surface area contributed by atoms with Gasteiger partial charge in [-0.3, -0.25) is 0 Å². The monoisotopic (exact) mass is 396 g/mol. The minimum Gasteiger partial charge on any atom is -0.457 e. The van der Waals surface area contributed by atoms with E-state index in [0.717, 1.165) is 10.2 Å². The van der Waals surface area contributed by atoms with Crippen LogP contribution in [0.1, 0.15) is 10.8 Å². The van der Waals surface area contributed by atoms with E-state index >= 15 is 0 Å². The van der Waals surface area contributed by atoms with Gasteiger partial charge in [0.25, 0.3) is 0 Å². The molecular weight excluding hydrogens is 387 g/mol. The number of thiazole rings is 1. The third-order valence-electron chi connectivity index (χ3n) is 3.78. The molecule has 0 aliphatic heterocycles. The molecule has 0 saturated heterocycles. The molecule has 6 heteroatoms. The van der Waals surface area contributed by atoms with Crippen molar-refractivity contribution in [3.63, 3.8) is 0 Å². The molecule has 0 spiro atoms. The van der Waals surface area contributed by atoms with Crippen molar-refractivity contribution < 1.29 is 4.42 Å². The molecule has 26 heavy (non-hydrogen) atoms. The highest BCUT2D eigenvalue weighted by Gasteiger charge is 2.12. The lowest BCUT2D eigenvalue weighted by Gasteiger charge is -2.01. The second-order valence-electron chi connectivity index (χ2n) is 5.46. The van der Waals surface area contributed by atoms with Crippen molar-refractivity contribution >= 4 is 56.4 Å². The Labute approximate surface area is 163 Å². The van der Waals surface area contributed by atoms with Gasteiger partial charge in [-0.05, 0) is 36.4 Å². The number of fused-ring (bicyclic) bond motifs is 1. The Balaban J connectivity index is 1.72. The molecule has 2 aromatic heterocycles. The quantitative estimate of drug-likeness (QED) is 0.352. The first kappa shape index (κ1) is 16.9. The predicted octanol–water partition coefficient (Wildman–Crippen LogP) is 6.93. The van der Waals surface area contributed by atoms with Gasteiger partial charge in [0.2, 0.25) is 0 Å². The normalized spacial score (nSPS) is 11.7. The maximum absolute atomic E-state index is 9.54. The first-order valence-electron chi connectivity index (χ1n) is 7.67. The first-order chi connectivity index (χ1) is 12.7. The number of nitrogens with zero attached hydrogens (tertiary/aromatic N) is 2. The van der Waals surface area contributed by atoms with Crippen molar-refractivity contribution in [1.82, 2.24) is 4.98 Å². The van der Waals surface area contributed by atoms with Crippen LogP contribution in [0.25, 0.3) is 33.2 Å². The summed E-state index contributed by atoms with van der Waals surface area (Å²) in [5, 5.41) is 11.1. The van der Waals surface area contributed by atoms with E-state index in [0.29, 0.717) is 37.7 Å². The third-order valence-corrected chi connectivity index (χ3v) is 5.66. The average molecular weight is 397 g/mol. The summed E-state index contributed by atoms with van der Waals surface area (Å²) >= 11 is 13.8. The number of hydrogen-bond acceptors (Lipinski definition) is 4. The number of para-hydroxylation sites is 1. The van der Waals surface area contributed by atoms with Gasteiger partial charge in [-0.1, -0.05) is 41.4 Å². The van der Waals surface area contributed by atoms with Crippen LogP contribution >= 0.6 is 34.5 Å². The maximum Gasteiger partial charge on any atom is 0.136 e. The summed E-state index contributed by atoms with van der Waals surface area (Å²) in [6.45, 7) is 0. The van der Waals surface area contributed by atoms with Gasteiger partial charge in [0.05, 0.1) is 25.8 Å². The van der Waals surface area contributed by atoms with E-state index < -0.39 is 0 Å². The van der Waals surface area contributed by atoms with E-state index in [-0.39, 0.29) is 0 Å². The van der Waals surface area contributed by atoms with Gasteiger partial charge in [0, 0.05) is 11.6 Å². The van der Waals surface area contributed by atoms with Crippen molar-refractivity contribution in [3.05, 3.63) is 75.4 Å². The second kappa shape index (κ2) is 6.97. The number of rotatable bonds is 3. The minimum absolute atomic E-state index is 0.436. The summed E-state index contributed by atoms with van der Waals surface area (Å²) in [6.07, 6.45) is 1.68. The van der Waals surface area contributed by atoms with Gasteiger partial charge in [0.15, 0.2) is 0 Å². The Kier molecular flexibility index (Phi) is 4.52. The summed E-state index contributed by atoms with van der Waals surface area (Å²) in [4.78, 5) is 4.52. The third kappa shape index (κ3) is 3.13. The van der Waals surface area contributed by atoms with Crippen molar-refractivity contribution in [2.75, 3.05) is 0 Å². The fourth-order valence-electron chi connectivity index (χ4n) is 2.54. The Morgan fingerprint density at radius 1 is 1.08 bits per heavy atom. The fourth-order valence-corrected chi connectivity index (χ4v) is 3.87. The molecule has 4 aromatic rings. The highest BCUT2D eigenvalue weighted by atomic mass is 35.5. The van der Waals surface area contributed by atoms with Gasteiger partial charge in [0.1, 0.15) is 22.6 Å². The van der Waals surface area contributed by atoms with Gasteiger partial charge in [-0.15, -0.1) is 11.3 Å². The highest BCUT2D eigenvalue weighted by molar-refractivity contribution is 7.19. The molecule has 0 fully saturated rings. The van der Waals surface area contributed by atoms with E-state index in [9.17, 15) is 5.26 Å².